The van der Waals surface area contributed by atoms with Gasteiger partial charge < -0.3 is 20.8 Å². The Morgan fingerprint density at radius 3 is 2.79 bits per heavy atom. The molecule has 2 aromatic heterocycles. The van der Waals surface area contributed by atoms with Gasteiger partial charge in [0, 0.05) is 18.5 Å². The summed E-state index contributed by atoms with van der Waals surface area (Å²) in [5.74, 6) is 0.324. The molecule has 6 rings (SSSR count). The number of nitrogens with two attached hydrogens (primary N) is 2. The number of aromatic nitrogens is 2. The van der Waals surface area contributed by atoms with Crippen LogP contribution in [-0.2, 0) is 6.42 Å². The third kappa shape index (κ3) is 3.43. The molecule has 0 unspecified atom stereocenters. The van der Waals surface area contributed by atoms with Gasteiger partial charge in [-0.1, -0.05) is 47.2 Å². The Bertz CT molecular complexity index is 1460. The number of anilines is 1. The summed E-state index contributed by atoms with van der Waals surface area (Å²) in [6.45, 7) is 2.02. The van der Waals surface area contributed by atoms with Gasteiger partial charge in [0.1, 0.15) is 11.2 Å². The van der Waals surface area contributed by atoms with Crippen molar-refractivity contribution in [1.82, 2.24) is 14.9 Å². The van der Waals surface area contributed by atoms with Gasteiger partial charge in [0.15, 0.2) is 16.6 Å². The van der Waals surface area contributed by atoms with Gasteiger partial charge in [-0.2, -0.15) is 0 Å². The number of rotatable bonds is 5. The normalized spacial score (nSPS) is 21.1. The van der Waals surface area contributed by atoms with Crippen LogP contribution in [-0.4, -0.2) is 38.8 Å². The summed E-state index contributed by atoms with van der Waals surface area (Å²) in [5.41, 5.74) is 15.3. The molecule has 3 heterocycles. The fourth-order valence-corrected chi connectivity index (χ4v) is 5.95. The first-order valence-electron chi connectivity index (χ1n) is 11.2. The highest BCUT2D eigenvalue weighted by Crippen LogP contribution is 2.49. The number of fused-ring (bicyclic) bond motifs is 2. The maximum absolute atomic E-state index is 13.8. The minimum absolute atomic E-state index is 0.0605. The molecule has 4 N–H and O–H groups in total. The number of oxazole rings is 1. The second-order valence-electron chi connectivity index (χ2n) is 9.09. The maximum Gasteiger partial charge on any atom is 0.274 e. The molecule has 0 radical (unpaired) electrons. The zero-order valence-electron chi connectivity index (χ0n) is 18.5. The lowest BCUT2D eigenvalue weighted by atomic mass is 10.1. The molecule has 1 aliphatic heterocycles. The van der Waals surface area contributed by atoms with Crippen LogP contribution in [0.3, 0.4) is 0 Å². The average molecular weight is 474 g/mol. The number of aryl methyl sites for hydroxylation is 1. The van der Waals surface area contributed by atoms with Crippen LogP contribution in [0.2, 0.25) is 0 Å². The van der Waals surface area contributed by atoms with E-state index in [1.165, 1.54) is 11.3 Å². The van der Waals surface area contributed by atoms with E-state index in [0.29, 0.717) is 45.7 Å². The Hall–Kier alpha value is -3.72. The zero-order chi connectivity index (χ0) is 23.6. The summed E-state index contributed by atoms with van der Waals surface area (Å²) in [6, 6.07) is 13.3. The van der Waals surface area contributed by atoms with Gasteiger partial charge in [0.25, 0.3) is 11.8 Å². The molecule has 34 heavy (non-hydrogen) atoms. The first kappa shape index (κ1) is 20.9. The Labute approximate surface area is 199 Å². The van der Waals surface area contributed by atoms with Gasteiger partial charge in [-0.15, -0.1) is 0 Å². The Morgan fingerprint density at radius 2 is 2.00 bits per heavy atom. The highest BCUT2D eigenvalue weighted by atomic mass is 32.1. The number of benzene rings is 2. The molecular weight excluding hydrogens is 450 g/mol. The SMILES string of the molecule is Cc1cccc(-c2sc(N)nc2C(=O)N2[C@H](Cc3nc4c(C(N)=O)cccc4o3)C[C@@H]3C[C@@H]32)c1. The minimum atomic E-state index is -0.547. The molecule has 8 nitrogen and oxygen atoms in total. The molecule has 9 heteroatoms. The number of thiazole rings is 1. The lowest BCUT2D eigenvalue weighted by molar-refractivity contribution is 0.0691. The zero-order valence-corrected chi connectivity index (χ0v) is 19.3. The topological polar surface area (TPSA) is 128 Å². The van der Waals surface area contributed by atoms with E-state index in [1.54, 1.807) is 18.2 Å². The van der Waals surface area contributed by atoms with E-state index in [0.717, 1.165) is 28.8 Å². The number of hydrogen-bond acceptors (Lipinski definition) is 7. The van der Waals surface area contributed by atoms with Crippen LogP contribution < -0.4 is 11.5 Å². The van der Waals surface area contributed by atoms with E-state index in [4.69, 9.17) is 15.9 Å². The van der Waals surface area contributed by atoms with Gasteiger partial charge in [0.2, 0.25) is 0 Å². The van der Waals surface area contributed by atoms with E-state index in [-0.39, 0.29) is 18.0 Å². The van der Waals surface area contributed by atoms with Crippen molar-refractivity contribution >= 4 is 39.4 Å². The predicted octanol–water partition coefficient (Wildman–Crippen LogP) is 3.79. The number of carbonyl (C=O) groups excluding carboxylic acids is 2. The Kier molecular flexibility index (Phi) is 4.70. The first-order valence-corrected chi connectivity index (χ1v) is 12.0. The molecule has 4 aromatic rings. The molecule has 2 amide bonds. The van der Waals surface area contributed by atoms with E-state index in [1.807, 2.05) is 36.1 Å². The molecule has 3 atom stereocenters. The number of para-hydroxylation sites is 1. The second-order valence-corrected chi connectivity index (χ2v) is 10.1. The van der Waals surface area contributed by atoms with Crippen molar-refractivity contribution in [2.24, 2.45) is 11.7 Å². The van der Waals surface area contributed by atoms with Crippen LogP contribution in [0.4, 0.5) is 5.13 Å². The number of hydrogen-bond donors (Lipinski definition) is 2. The van der Waals surface area contributed by atoms with Crippen molar-refractivity contribution in [3.05, 3.63) is 65.2 Å². The quantitative estimate of drug-likeness (QED) is 0.454. The molecule has 2 aliphatic rings. The van der Waals surface area contributed by atoms with Crippen LogP contribution in [0.1, 0.15) is 45.1 Å². The van der Waals surface area contributed by atoms with Crippen molar-refractivity contribution in [3.63, 3.8) is 0 Å². The van der Waals surface area contributed by atoms with E-state index in [9.17, 15) is 9.59 Å². The fraction of sp³-hybridized carbons (Fsp3) is 0.280. The molecule has 0 spiro atoms. The highest BCUT2D eigenvalue weighted by Gasteiger charge is 2.54. The molecule has 0 bridgehead atoms. The van der Waals surface area contributed by atoms with E-state index in [2.05, 4.69) is 9.97 Å². The molecular formula is C25H23N5O3S. The average Bonchev–Trinajstić information content (AvgIpc) is 3.12. The minimum Gasteiger partial charge on any atom is -0.441 e. The van der Waals surface area contributed by atoms with Crippen LogP contribution in [0.5, 0.6) is 0 Å². The molecule has 172 valence electrons. The summed E-state index contributed by atoms with van der Waals surface area (Å²) >= 11 is 1.34. The molecule has 1 saturated carbocycles. The summed E-state index contributed by atoms with van der Waals surface area (Å²) in [4.78, 5) is 37.3. The van der Waals surface area contributed by atoms with E-state index >= 15 is 0 Å². The number of piperidine rings is 1. The Morgan fingerprint density at radius 1 is 1.18 bits per heavy atom. The summed E-state index contributed by atoms with van der Waals surface area (Å²) < 4.78 is 5.92. The van der Waals surface area contributed by atoms with Crippen molar-refractivity contribution in [2.45, 2.75) is 38.3 Å². The van der Waals surface area contributed by atoms with Gasteiger partial charge in [0.05, 0.1) is 10.4 Å². The number of likely N-dealkylation sites (tertiary alicyclic amines) is 1. The van der Waals surface area contributed by atoms with Crippen LogP contribution in [0, 0.1) is 12.8 Å². The monoisotopic (exact) mass is 473 g/mol. The second kappa shape index (κ2) is 7.66. The number of primary amides is 1. The third-order valence-electron chi connectivity index (χ3n) is 6.71. The summed E-state index contributed by atoms with van der Waals surface area (Å²) in [5, 5.41) is 0.376. The molecule has 2 aromatic carbocycles. The lowest BCUT2D eigenvalue weighted by Gasteiger charge is -2.26. The predicted molar refractivity (Wildman–Crippen MR) is 129 cm³/mol. The lowest BCUT2D eigenvalue weighted by Crippen LogP contribution is -2.40. The summed E-state index contributed by atoms with van der Waals surface area (Å²) in [6.07, 6.45) is 2.35. The largest absolute Gasteiger partial charge is 0.441 e. The Balaban J connectivity index is 1.32. The third-order valence-corrected chi connectivity index (χ3v) is 7.64. The fourth-order valence-electron chi connectivity index (χ4n) is 5.13. The molecule has 2 fully saturated rings. The number of amides is 2. The number of nitrogens with zero attached hydrogens (tertiary/aromatic N) is 3. The van der Waals surface area contributed by atoms with Crippen molar-refractivity contribution < 1.29 is 14.0 Å². The van der Waals surface area contributed by atoms with Gasteiger partial charge >= 0.3 is 0 Å². The van der Waals surface area contributed by atoms with E-state index < -0.39 is 5.91 Å². The van der Waals surface area contributed by atoms with Gasteiger partial charge in [-0.05, 0) is 43.4 Å². The van der Waals surface area contributed by atoms with Crippen LogP contribution >= 0.6 is 11.3 Å². The van der Waals surface area contributed by atoms with Crippen molar-refractivity contribution in [2.75, 3.05) is 5.73 Å². The van der Waals surface area contributed by atoms with Crippen molar-refractivity contribution in [1.29, 1.82) is 0 Å². The summed E-state index contributed by atoms with van der Waals surface area (Å²) in [7, 11) is 0. The molecule has 1 saturated heterocycles. The molecule has 1 aliphatic carbocycles. The standard InChI is InChI=1S/C25H23N5O3S/c1-12-4-2-5-13(8-12)22-21(29-25(27)34-22)24(32)30-15(9-14-10-17(14)30)11-19-28-20-16(23(26)31)6-3-7-18(20)33-19/h2-8,14-15,17H,9-11H2,1H3,(H2,26,31)(H2,27,29)/t14-,15+,17+/m1/s1. The number of nitrogen functional groups attached to an aromatic ring is 1. The van der Waals surface area contributed by atoms with Crippen LogP contribution in [0.15, 0.2) is 46.9 Å². The highest BCUT2D eigenvalue weighted by molar-refractivity contribution is 7.19. The van der Waals surface area contributed by atoms with Crippen molar-refractivity contribution in [3.8, 4) is 10.4 Å². The first-order chi connectivity index (χ1) is 16.4. The maximum atomic E-state index is 13.8. The van der Waals surface area contributed by atoms with Gasteiger partial charge in [-0.3, -0.25) is 9.59 Å². The van der Waals surface area contributed by atoms with Crippen LogP contribution in [0.25, 0.3) is 21.5 Å². The van der Waals surface area contributed by atoms with Gasteiger partial charge in [-0.25, -0.2) is 9.97 Å². The number of carbonyl (C=O) groups is 2. The smallest absolute Gasteiger partial charge is 0.274 e.